The highest BCUT2D eigenvalue weighted by atomic mass is 16.4. The number of carboxylic acid groups (broad SMARTS) is 1. The van der Waals surface area contributed by atoms with Crippen LogP contribution >= 0.6 is 0 Å². The van der Waals surface area contributed by atoms with Gasteiger partial charge in [0.25, 0.3) is 5.91 Å². The highest BCUT2D eigenvalue weighted by molar-refractivity contribution is 6.03. The second-order valence-corrected chi connectivity index (χ2v) is 5.58. The fraction of sp³-hybridized carbons (Fsp3) is 0.111. The maximum absolute atomic E-state index is 12.6. The number of carbonyl (C=O) groups is 3. The predicted molar refractivity (Wildman–Crippen MR) is 94.4 cm³/mol. The van der Waals surface area contributed by atoms with Crippen molar-refractivity contribution in [1.82, 2.24) is 25.5 Å². The molecule has 0 saturated carbocycles. The van der Waals surface area contributed by atoms with Crippen molar-refractivity contribution >= 4 is 17.7 Å². The van der Waals surface area contributed by atoms with Crippen molar-refractivity contribution in [2.45, 2.75) is 6.42 Å². The first kappa shape index (κ1) is 17.9. The fourth-order valence-corrected chi connectivity index (χ4v) is 2.57. The molecule has 0 unspecified atom stereocenters. The van der Waals surface area contributed by atoms with E-state index in [1.165, 1.54) is 37.8 Å². The van der Waals surface area contributed by atoms with E-state index < -0.39 is 11.9 Å². The van der Waals surface area contributed by atoms with Crippen LogP contribution in [0.15, 0.2) is 42.9 Å². The van der Waals surface area contributed by atoms with Gasteiger partial charge >= 0.3 is 5.97 Å². The van der Waals surface area contributed by atoms with Crippen molar-refractivity contribution in [3.63, 3.8) is 0 Å². The molecule has 136 valence electrons. The Morgan fingerprint density at radius 3 is 2.56 bits per heavy atom. The van der Waals surface area contributed by atoms with Crippen molar-refractivity contribution < 1.29 is 19.5 Å². The van der Waals surface area contributed by atoms with Gasteiger partial charge in [0.15, 0.2) is 5.78 Å². The van der Waals surface area contributed by atoms with E-state index in [1.54, 1.807) is 12.1 Å². The zero-order valence-corrected chi connectivity index (χ0v) is 14.3. The molecule has 0 saturated heterocycles. The second kappa shape index (κ2) is 7.56. The van der Waals surface area contributed by atoms with Crippen molar-refractivity contribution in [3.05, 3.63) is 65.4 Å². The summed E-state index contributed by atoms with van der Waals surface area (Å²) in [6.07, 6.45) is 4.19. The topological polar surface area (TPSA) is 138 Å². The molecule has 27 heavy (non-hydrogen) atoms. The van der Waals surface area contributed by atoms with E-state index in [2.05, 4.69) is 25.5 Å². The lowest BCUT2D eigenvalue weighted by Crippen LogP contribution is -2.20. The van der Waals surface area contributed by atoms with Gasteiger partial charge in [-0.25, -0.2) is 4.79 Å². The molecule has 3 rings (SSSR count). The maximum Gasteiger partial charge on any atom is 0.339 e. The number of aromatic amines is 1. The summed E-state index contributed by atoms with van der Waals surface area (Å²) >= 11 is 0. The summed E-state index contributed by atoms with van der Waals surface area (Å²) in [5.74, 6) is -1.98. The van der Waals surface area contributed by atoms with E-state index in [0.717, 1.165) is 0 Å². The number of pyridine rings is 2. The third-order valence-electron chi connectivity index (χ3n) is 3.89. The predicted octanol–water partition coefficient (Wildman–Crippen LogP) is 1.35. The van der Waals surface area contributed by atoms with Crippen LogP contribution in [-0.4, -0.2) is 50.0 Å². The molecule has 0 aliphatic carbocycles. The SMILES string of the molecule is CNC(=O)c1cc(C(=O)Cc2[nH]nc(-c3ccncc3)c2C(=O)O)ccn1. The first-order chi connectivity index (χ1) is 13.0. The zero-order chi connectivity index (χ0) is 19.4. The number of H-pyrrole nitrogens is 1. The highest BCUT2D eigenvalue weighted by Gasteiger charge is 2.23. The lowest BCUT2D eigenvalue weighted by atomic mass is 10.0. The van der Waals surface area contributed by atoms with Crippen molar-refractivity contribution in [3.8, 4) is 11.3 Å². The highest BCUT2D eigenvalue weighted by Crippen LogP contribution is 2.24. The first-order valence-corrected chi connectivity index (χ1v) is 7.93. The Kier molecular flexibility index (Phi) is 5.02. The molecule has 3 aromatic heterocycles. The second-order valence-electron chi connectivity index (χ2n) is 5.58. The molecular weight excluding hydrogens is 350 g/mol. The van der Waals surface area contributed by atoms with Gasteiger partial charge in [-0.05, 0) is 24.3 Å². The van der Waals surface area contributed by atoms with E-state index in [9.17, 15) is 19.5 Å². The van der Waals surface area contributed by atoms with E-state index in [-0.39, 0.29) is 40.4 Å². The summed E-state index contributed by atoms with van der Waals surface area (Å²) in [6.45, 7) is 0. The molecule has 0 bridgehead atoms. The third kappa shape index (κ3) is 3.71. The van der Waals surface area contributed by atoms with Crippen LogP contribution in [0.2, 0.25) is 0 Å². The van der Waals surface area contributed by atoms with Crippen LogP contribution in [0, 0.1) is 0 Å². The lowest BCUT2D eigenvalue weighted by Gasteiger charge is -2.04. The molecule has 0 spiro atoms. The number of nitrogens with one attached hydrogen (secondary N) is 2. The molecule has 3 aromatic rings. The first-order valence-electron chi connectivity index (χ1n) is 7.93. The third-order valence-corrected chi connectivity index (χ3v) is 3.89. The summed E-state index contributed by atoms with van der Waals surface area (Å²) in [5, 5.41) is 18.7. The van der Waals surface area contributed by atoms with Gasteiger partial charge < -0.3 is 10.4 Å². The molecule has 9 nitrogen and oxygen atoms in total. The Morgan fingerprint density at radius 2 is 1.89 bits per heavy atom. The average Bonchev–Trinajstić information content (AvgIpc) is 3.12. The van der Waals surface area contributed by atoms with Gasteiger partial charge in [-0.1, -0.05) is 0 Å². The monoisotopic (exact) mass is 365 g/mol. The van der Waals surface area contributed by atoms with Crippen LogP contribution in [0.3, 0.4) is 0 Å². The van der Waals surface area contributed by atoms with Gasteiger partial charge in [-0.2, -0.15) is 5.10 Å². The number of hydrogen-bond acceptors (Lipinski definition) is 6. The summed E-state index contributed by atoms with van der Waals surface area (Å²) in [5.41, 5.74) is 1.26. The van der Waals surface area contributed by atoms with Crippen LogP contribution in [0.1, 0.15) is 36.9 Å². The number of hydrogen-bond donors (Lipinski definition) is 3. The Labute approximate surface area is 153 Å². The molecule has 0 atom stereocenters. The average molecular weight is 365 g/mol. The number of Topliss-reactive ketones (excluding diaryl/α,β-unsaturated/α-hetero) is 1. The largest absolute Gasteiger partial charge is 0.478 e. The maximum atomic E-state index is 12.6. The number of amides is 1. The number of aromatic carboxylic acids is 1. The number of carboxylic acids is 1. The smallest absolute Gasteiger partial charge is 0.339 e. The van der Waals surface area contributed by atoms with Crippen LogP contribution in [0.4, 0.5) is 0 Å². The molecular formula is C18H15N5O4. The van der Waals surface area contributed by atoms with Gasteiger partial charge in [-0.15, -0.1) is 0 Å². The van der Waals surface area contributed by atoms with E-state index in [4.69, 9.17) is 0 Å². The molecule has 0 fully saturated rings. The van der Waals surface area contributed by atoms with E-state index in [1.807, 2.05) is 0 Å². The van der Waals surface area contributed by atoms with Gasteiger partial charge in [0.1, 0.15) is 17.0 Å². The minimum atomic E-state index is -1.20. The molecule has 9 heteroatoms. The van der Waals surface area contributed by atoms with Crippen LogP contribution in [0.25, 0.3) is 11.3 Å². The number of nitrogens with zero attached hydrogens (tertiary/aromatic N) is 3. The van der Waals surface area contributed by atoms with E-state index in [0.29, 0.717) is 5.56 Å². The zero-order valence-electron chi connectivity index (χ0n) is 14.3. The van der Waals surface area contributed by atoms with Gasteiger partial charge in [0, 0.05) is 36.8 Å². The number of aromatic nitrogens is 4. The van der Waals surface area contributed by atoms with Crippen LogP contribution in [-0.2, 0) is 6.42 Å². The molecule has 0 aromatic carbocycles. The van der Waals surface area contributed by atoms with Crippen molar-refractivity contribution in [1.29, 1.82) is 0 Å². The quantitative estimate of drug-likeness (QED) is 0.561. The van der Waals surface area contributed by atoms with Gasteiger partial charge in [0.2, 0.25) is 0 Å². The number of carbonyl (C=O) groups excluding carboxylic acids is 2. The molecule has 0 aliphatic heterocycles. The van der Waals surface area contributed by atoms with Crippen molar-refractivity contribution in [2.24, 2.45) is 0 Å². The molecule has 0 radical (unpaired) electrons. The molecule has 3 heterocycles. The molecule has 0 aliphatic rings. The van der Waals surface area contributed by atoms with Gasteiger partial charge in [-0.3, -0.25) is 24.7 Å². The van der Waals surface area contributed by atoms with Crippen molar-refractivity contribution in [2.75, 3.05) is 7.05 Å². The Hall–Kier alpha value is -3.88. The summed E-state index contributed by atoms with van der Waals surface area (Å²) < 4.78 is 0. The lowest BCUT2D eigenvalue weighted by molar-refractivity contribution is 0.0696. The van der Waals surface area contributed by atoms with E-state index >= 15 is 0 Å². The molecule has 3 N–H and O–H groups in total. The normalized spacial score (nSPS) is 10.4. The fourth-order valence-electron chi connectivity index (χ4n) is 2.57. The Morgan fingerprint density at radius 1 is 1.15 bits per heavy atom. The summed E-state index contributed by atoms with van der Waals surface area (Å²) in [7, 11) is 1.46. The summed E-state index contributed by atoms with van der Waals surface area (Å²) in [6, 6.07) is 6.09. The van der Waals surface area contributed by atoms with Crippen LogP contribution in [0.5, 0.6) is 0 Å². The Balaban J connectivity index is 1.92. The van der Waals surface area contributed by atoms with Gasteiger partial charge in [0.05, 0.1) is 12.1 Å². The Bertz CT molecular complexity index is 1010. The number of rotatable bonds is 6. The van der Waals surface area contributed by atoms with Crippen LogP contribution < -0.4 is 5.32 Å². The molecule has 1 amide bonds. The number of ketones is 1. The minimum absolute atomic E-state index is 0.0740. The standard InChI is InChI=1S/C18H15N5O4/c1-19-17(25)13-8-11(4-7-21-13)14(24)9-12-15(18(26)27)16(23-22-12)10-2-5-20-6-3-10/h2-8H,9H2,1H3,(H,19,25)(H,22,23)(H,26,27). The summed E-state index contributed by atoms with van der Waals surface area (Å²) in [4.78, 5) is 43.8. The minimum Gasteiger partial charge on any atom is -0.478 e.